The second-order valence-corrected chi connectivity index (χ2v) is 4.49. The van der Waals surface area contributed by atoms with Gasteiger partial charge in [-0.15, -0.1) is 0 Å². The molecule has 0 radical (unpaired) electrons. The molecule has 0 aliphatic rings. The first-order valence-corrected chi connectivity index (χ1v) is 6.80. The molecule has 0 spiro atoms. The van der Waals surface area contributed by atoms with Gasteiger partial charge in [0.15, 0.2) is 0 Å². The summed E-state index contributed by atoms with van der Waals surface area (Å²) < 4.78 is 5.07. The summed E-state index contributed by atoms with van der Waals surface area (Å²) in [7, 11) is 3.54. The number of para-hydroxylation sites is 3. The van der Waals surface area contributed by atoms with Crippen molar-refractivity contribution < 1.29 is 4.74 Å². The number of hydrogen-bond donors (Lipinski definition) is 1. The minimum atomic E-state index is 0.295. The van der Waals surface area contributed by atoms with Crippen molar-refractivity contribution in [2.75, 3.05) is 19.5 Å². The quantitative estimate of drug-likeness (QED) is 0.726. The monoisotopic (exact) mass is 301 g/mol. The molecule has 0 aliphatic carbocycles. The van der Waals surface area contributed by atoms with Gasteiger partial charge in [-0.3, -0.25) is 0 Å². The molecule has 0 unspecified atom stereocenters. The van der Waals surface area contributed by atoms with Crippen LogP contribution in [0.4, 0.5) is 5.69 Å². The maximum atomic E-state index is 5.60. The Hall–Kier alpha value is -2.33. The third kappa shape index (κ3) is 4.07. The van der Waals surface area contributed by atoms with Crippen molar-refractivity contribution in [3.8, 4) is 5.75 Å². The smallest absolute Gasteiger partial charge is 0.222 e. The molecule has 1 heterocycles. The molecule has 3 rings (SSSR count). The Bertz CT molecular complexity index is 695. The lowest BCUT2D eigenvalue weighted by Gasteiger charge is -2.05. The molecule has 1 aromatic heterocycles. The van der Waals surface area contributed by atoms with Crippen LogP contribution in [-0.4, -0.2) is 24.1 Å². The molecule has 0 bridgehead atoms. The third-order valence-electron chi connectivity index (χ3n) is 2.84. The molecule has 3 aromatic rings. The zero-order valence-corrected chi connectivity index (χ0v) is 12.6. The van der Waals surface area contributed by atoms with E-state index in [0.29, 0.717) is 5.28 Å². The van der Waals surface area contributed by atoms with Crippen LogP contribution in [0.3, 0.4) is 0 Å². The lowest BCUT2D eigenvalue weighted by molar-refractivity contribution is 0.416. The van der Waals surface area contributed by atoms with E-state index in [4.69, 9.17) is 16.3 Å². The predicted molar refractivity (Wildman–Crippen MR) is 87.1 cm³/mol. The van der Waals surface area contributed by atoms with Gasteiger partial charge >= 0.3 is 0 Å². The Morgan fingerprint density at radius 1 is 1.05 bits per heavy atom. The number of nitrogens with one attached hydrogen (secondary N) is 1. The molecule has 108 valence electrons. The number of nitrogens with zero attached hydrogens (tertiary/aromatic N) is 2. The van der Waals surface area contributed by atoms with E-state index in [1.54, 1.807) is 13.3 Å². The number of fused-ring (bicyclic) bond motifs is 1. The molecule has 0 aliphatic heterocycles. The summed E-state index contributed by atoms with van der Waals surface area (Å²) >= 11 is 5.60. The standard InChI is InChI=1S/C8H5ClN2.C8H11NO/c9-8-10-5-6-3-1-2-4-7(6)11-8;1-9-7-5-3-4-6-8(7)10-2/h1-5H;3-6,9H,1-2H3. The third-order valence-corrected chi connectivity index (χ3v) is 3.02. The van der Waals surface area contributed by atoms with E-state index in [1.807, 2.05) is 55.6 Å². The number of methoxy groups -OCH3 is 1. The Balaban J connectivity index is 0.000000155. The molecular formula is C16H16ClN3O. The highest BCUT2D eigenvalue weighted by Crippen LogP contribution is 2.21. The normalized spacial score (nSPS) is 9.67. The zero-order valence-electron chi connectivity index (χ0n) is 11.9. The molecular weight excluding hydrogens is 286 g/mol. The lowest BCUT2D eigenvalue weighted by Crippen LogP contribution is -1.91. The summed E-state index contributed by atoms with van der Waals surface area (Å²) in [6.45, 7) is 0. The molecule has 0 saturated carbocycles. The Morgan fingerprint density at radius 2 is 1.76 bits per heavy atom. The highest BCUT2D eigenvalue weighted by Gasteiger charge is 1.95. The summed E-state index contributed by atoms with van der Waals surface area (Å²) in [5.41, 5.74) is 1.90. The van der Waals surface area contributed by atoms with Crippen LogP contribution in [-0.2, 0) is 0 Å². The summed E-state index contributed by atoms with van der Waals surface area (Å²) in [4.78, 5) is 7.89. The van der Waals surface area contributed by atoms with Gasteiger partial charge in [0.1, 0.15) is 5.75 Å². The molecule has 21 heavy (non-hydrogen) atoms. The van der Waals surface area contributed by atoms with Gasteiger partial charge in [0.25, 0.3) is 0 Å². The van der Waals surface area contributed by atoms with E-state index in [-0.39, 0.29) is 0 Å². The van der Waals surface area contributed by atoms with Crippen LogP contribution >= 0.6 is 11.6 Å². The summed E-state index contributed by atoms with van der Waals surface area (Å²) in [5, 5.41) is 4.33. The predicted octanol–water partition coefficient (Wildman–Crippen LogP) is 4.02. The average Bonchev–Trinajstić information content (AvgIpc) is 2.55. The summed E-state index contributed by atoms with van der Waals surface area (Å²) in [6.07, 6.45) is 1.71. The lowest BCUT2D eigenvalue weighted by atomic mass is 10.2. The van der Waals surface area contributed by atoms with Crippen molar-refractivity contribution in [1.29, 1.82) is 0 Å². The average molecular weight is 302 g/mol. The largest absolute Gasteiger partial charge is 0.495 e. The molecule has 2 aromatic carbocycles. The Morgan fingerprint density at radius 3 is 2.48 bits per heavy atom. The van der Waals surface area contributed by atoms with E-state index in [0.717, 1.165) is 22.3 Å². The second kappa shape index (κ2) is 7.45. The van der Waals surface area contributed by atoms with Crippen molar-refractivity contribution in [2.45, 2.75) is 0 Å². The zero-order chi connectivity index (χ0) is 15.1. The van der Waals surface area contributed by atoms with Crippen LogP contribution in [0.1, 0.15) is 0 Å². The summed E-state index contributed by atoms with van der Waals surface area (Å²) in [6, 6.07) is 15.5. The minimum Gasteiger partial charge on any atom is -0.495 e. The summed E-state index contributed by atoms with van der Waals surface area (Å²) in [5.74, 6) is 0.880. The number of ether oxygens (including phenoxy) is 1. The number of halogens is 1. The van der Waals surface area contributed by atoms with E-state index in [1.165, 1.54) is 0 Å². The van der Waals surface area contributed by atoms with Crippen LogP contribution in [0.5, 0.6) is 5.75 Å². The van der Waals surface area contributed by atoms with Crippen molar-refractivity contribution in [2.24, 2.45) is 0 Å². The van der Waals surface area contributed by atoms with E-state index in [2.05, 4.69) is 15.3 Å². The number of benzene rings is 2. The van der Waals surface area contributed by atoms with Crippen LogP contribution in [0.25, 0.3) is 10.9 Å². The topological polar surface area (TPSA) is 47.0 Å². The molecule has 0 atom stereocenters. The number of hydrogen-bond acceptors (Lipinski definition) is 4. The second-order valence-electron chi connectivity index (χ2n) is 4.15. The van der Waals surface area contributed by atoms with Crippen molar-refractivity contribution in [3.63, 3.8) is 0 Å². The van der Waals surface area contributed by atoms with Gasteiger partial charge in [-0.25, -0.2) is 9.97 Å². The first-order chi connectivity index (χ1) is 10.2. The van der Waals surface area contributed by atoms with Crippen LogP contribution < -0.4 is 10.1 Å². The fraction of sp³-hybridized carbons (Fsp3) is 0.125. The number of rotatable bonds is 2. The molecule has 0 amide bonds. The molecule has 4 nitrogen and oxygen atoms in total. The van der Waals surface area contributed by atoms with E-state index < -0.39 is 0 Å². The van der Waals surface area contributed by atoms with E-state index >= 15 is 0 Å². The Labute approximate surface area is 128 Å². The first kappa shape index (κ1) is 15.1. The van der Waals surface area contributed by atoms with Gasteiger partial charge in [0.05, 0.1) is 18.3 Å². The van der Waals surface area contributed by atoms with Crippen LogP contribution in [0.2, 0.25) is 5.28 Å². The number of aromatic nitrogens is 2. The maximum absolute atomic E-state index is 5.60. The minimum absolute atomic E-state index is 0.295. The van der Waals surface area contributed by atoms with Crippen molar-refractivity contribution in [3.05, 3.63) is 60.0 Å². The number of anilines is 1. The van der Waals surface area contributed by atoms with Gasteiger partial charge in [-0.1, -0.05) is 30.3 Å². The Kier molecular flexibility index (Phi) is 5.35. The van der Waals surface area contributed by atoms with Gasteiger partial charge < -0.3 is 10.1 Å². The highest BCUT2D eigenvalue weighted by molar-refractivity contribution is 6.28. The van der Waals surface area contributed by atoms with Crippen molar-refractivity contribution in [1.82, 2.24) is 9.97 Å². The van der Waals surface area contributed by atoms with Gasteiger partial charge in [0, 0.05) is 18.6 Å². The van der Waals surface area contributed by atoms with E-state index in [9.17, 15) is 0 Å². The molecule has 5 heteroatoms. The van der Waals surface area contributed by atoms with Gasteiger partial charge in [-0.2, -0.15) is 0 Å². The highest BCUT2D eigenvalue weighted by atomic mass is 35.5. The first-order valence-electron chi connectivity index (χ1n) is 6.42. The fourth-order valence-corrected chi connectivity index (χ4v) is 1.94. The SMILES string of the molecule is CNc1ccccc1OC.Clc1ncc2ccccc2n1. The van der Waals surface area contributed by atoms with Gasteiger partial charge in [-0.05, 0) is 29.8 Å². The van der Waals surface area contributed by atoms with Crippen LogP contribution in [0.15, 0.2) is 54.7 Å². The van der Waals surface area contributed by atoms with Crippen LogP contribution in [0, 0.1) is 0 Å². The maximum Gasteiger partial charge on any atom is 0.222 e. The molecule has 1 N–H and O–H groups in total. The molecule has 0 fully saturated rings. The fourth-order valence-electron chi connectivity index (χ4n) is 1.80. The molecule has 0 saturated heterocycles. The van der Waals surface area contributed by atoms with Crippen molar-refractivity contribution >= 4 is 28.2 Å². The van der Waals surface area contributed by atoms with Gasteiger partial charge in [0.2, 0.25) is 5.28 Å².